The van der Waals surface area contributed by atoms with E-state index in [4.69, 9.17) is 0 Å². The van der Waals surface area contributed by atoms with E-state index < -0.39 is 0 Å². The highest BCUT2D eigenvalue weighted by molar-refractivity contribution is 6.47. The fourth-order valence-corrected chi connectivity index (χ4v) is 16.1. The van der Waals surface area contributed by atoms with Crippen LogP contribution in [0.3, 0.4) is 0 Å². The zero-order chi connectivity index (χ0) is 55.1. The third-order valence-electron chi connectivity index (χ3n) is 19.5. The maximum absolute atomic E-state index is 2.58. The standard InChI is InChI=1S/C82H62/c1-43(2)50-22-15-23-51(44(3)4)72(50)49-28-29-54-57-30-32-59-61-36-38-65-80-66(39-37-62(79(61)80)60-33-35-64(67(54)40-49)77(57)78(59)60)82-74(48-20-13-10-14-21-48)71-42-69-63-34-31-58(75-52(45(5)6)24-16-25-53(75)46(7)8)55-26-17-27-56(76(55)63)68(69)41-70(71)73(81(65)82)47-18-11-9-12-19-47/h9-46H,1-8H3. The van der Waals surface area contributed by atoms with Gasteiger partial charge in [-0.15, -0.1) is 0 Å². The Bertz CT molecular complexity index is 5140. The van der Waals surface area contributed by atoms with Crippen molar-refractivity contribution in [3.8, 4) is 66.8 Å². The van der Waals surface area contributed by atoms with Gasteiger partial charge in [0.15, 0.2) is 0 Å². The van der Waals surface area contributed by atoms with Crippen LogP contribution in [0.4, 0.5) is 0 Å². The molecule has 0 saturated heterocycles. The predicted molar refractivity (Wildman–Crippen MR) is 358 cm³/mol. The smallest absolute Gasteiger partial charge is 0.000740 e. The molecule has 82 heavy (non-hydrogen) atoms. The predicted octanol–water partition coefficient (Wildman–Crippen LogP) is 24.3. The molecule has 0 fully saturated rings. The van der Waals surface area contributed by atoms with Crippen molar-refractivity contribution >= 4 is 108 Å². The van der Waals surface area contributed by atoms with E-state index in [9.17, 15) is 0 Å². The van der Waals surface area contributed by atoms with Gasteiger partial charge < -0.3 is 0 Å². The van der Waals surface area contributed by atoms with E-state index in [1.54, 1.807) is 0 Å². The van der Waals surface area contributed by atoms with Gasteiger partial charge in [0.2, 0.25) is 0 Å². The lowest BCUT2D eigenvalue weighted by molar-refractivity contribution is 0.838. The molecule has 0 aliphatic heterocycles. The summed E-state index contributed by atoms with van der Waals surface area (Å²) >= 11 is 0. The molecule has 0 saturated carbocycles. The van der Waals surface area contributed by atoms with Gasteiger partial charge in [-0.05, 0) is 239 Å². The van der Waals surface area contributed by atoms with Crippen molar-refractivity contribution in [1.29, 1.82) is 0 Å². The average molecular weight is 1050 g/mol. The Morgan fingerprint density at radius 1 is 0.183 bits per heavy atom. The normalized spacial score (nSPS) is 12.8. The van der Waals surface area contributed by atoms with Crippen LogP contribution in [0.25, 0.3) is 174 Å². The van der Waals surface area contributed by atoms with Crippen LogP contribution < -0.4 is 0 Å². The molecule has 390 valence electrons. The highest BCUT2D eigenvalue weighted by Crippen LogP contribution is 2.58. The molecular weight excluding hydrogens is 985 g/mol. The van der Waals surface area contributed by atoms with E-state index in [0.29, 0.717) is 23.7 Å². The zero-order valence-corrected chi connectivity index (χ0v) is 47.9. The van der Waals surface area contributed by atoms with E-state index in [1.165, 1.54) is 197 Å². The minimum absolute atomic E-state index is 0.400. The second-order valence-corrected chi connectivity index (χ2v) is 25.2. The Labute approximate surface area is 479 Å². The first-order valence-electron chi connectivity index (χ1n) is 30.0. The van der Waals surface area contributed by atoms with Gasteiger partial charge in [0, 0.05) is 0 Å². The average Bonchev–Trinajstić information content (AvgIpc) is 3.32. The molecule has 17 rings (SSSR count). The molecule has 0 atom stereocenters. The van der Waals surface area contributed by atoms with Crippen molar-refractivity contribution in [3.05, 3.63) is 229 Å². The lowest BCUT2D eigenvalue weighted by Gasteiger charge is -2.21. The highest BCUT2D eigenvalue weighted by atomic mass is 14.3. The lowest BCUT2D eigenvalue weighted by Crippen LogP contribution is -2.00. The van der Waals surface area contributed by atoms with Crippen LogP contribution in [0.2, 0.25) is 0 Å². The summed E-state index contributed by atoms with van der Waals surface area (Å²) in [6.45, 7) is 18.7. The van der Waals surface area contributed by atoms with E-state index in [1.807, 2.05) is 0 Å². The van der Waals surface area contributed by atoms with Gasteiger partial charge in [0.1, 0.15) is 0 Å². The summed E-state index contributed by atoms with van der Waals surface area (Å²) in [7, 11) is 0. The summed E-state index contributed by atoms with van der Waals surface area (Å²) < 4.78 is 0. The molecule has 0 N–H and O–H groups in total. The van der Waals surface area contributed by atoms with Crippen LogP contribution in [0.15, 0.2) is 206 Å². The molecule has 1 aliphatic rings. The second-order valence-electron chi connectivity index (χ2n) is 25.2. The van der Waals surface area contributed by atoms with Crippen molar-refractivity contribution in [1.82, 2.24) is 0 Å². The Morgan fingerprint density at radius 2 is 0.561 bits per heavy atom. The maximum Gasteiger partial charge on any atom is -0.000740 e. The number of benzene rings is 14. The van der Waals surface area contributed by atoms with E-state index in [2.05, 4.69) is 262 Å². The SMILES string of the molecule is CC(C)c1cccc(C(C)C)c1-c1ccc2c(c1)-c1ccc3c4ccc5c6c(-c7ccccc7)c7cc8c(cc7c(-c7ccccc7)c6c6ccc(c7ccc-2c1c73)c4c65)c1cccc2c(-c3c(C(C)C)cccc3C(C)C)ccc8c21. The summed E-state index contributed by atoms with van der Waals surface area (Å²) in [6.07, 6.45) is 0. The molecule has 0 unspecified atom stereocenters. The van der Waals surface area contributed by atoms with Crippen molar-refractivity contribution in [2.75, 3.05) is 0 Å². The van der Waals surface area contributed by atoms with Gasteiger partial charge >= 0.3 is 0 Å². The fourth-order valence-electron chi connectivity index (χ4n) is 16.1. The summed E-state index contributed by atoms with van der Waals surface area (Å²) in [4.78, 5) is 0. The molecule has 0 aromatic heterocycles. The maximum atomic E-state index is 2.58. The minimum Gasteiger partial charge on any atom is -0.0622 e. The number of rotatable bonds is 8. The Balaban J connectivity index is 0.960. The van der Waals surface area contributed by atoms with Crippen molar-refractivity contribution in [2.24, 2.45) is 0 Å². The van der Waals surface area contributed by atoms with Gasteiger partial charge in [-0.1, -0.05) is 243 Å². The Morgan fingerprint density at radius 3 is 1.07 bits per heavy atom. The molecule has 16 aromatic carbocycles. The van der Waals surface area contributed by atoms with Crippen LogP contribution in [-0.2, 0) is 0 Å². The lowest BCUT2D eigenvalue weighted by atomic mass is 9.83. The van der Waals surface area contributed by atoms with Crippen LogP contribution in [0, 0.1) is 0 Å². The van der Waals surface area contributed by atoms with Gasteiger partial charge in [-0.25, -0.2) is 0 Å². The fraction of sp³-hybridized carbons (Fsp3) is 0.146. The van der Waals surface area contributed by atoms with Gasteiger partial charge in [-0.2, -0.15) is 0 Å². The number of hydrogen-bond acceptors (Lipinski definition) is 0. The summed E-state index contributed by atoms with van der Waals surface area (Å²) in [6, 6.07) is 80.6. The van der Waals surface area contributed by atoms with Crippen LogP contribution in [0.1, 0.15) is 101 Å². The summed E-state index contributed by atoms with van der Waals surface area (Å²) in [5, 5.41) is 26.7. The molecule has 0 heterocycles. The first-order valence-corrected chi connectivity index (χ1v) is 30.0. The van der Waals surface area contributed by atoms with Crippen molar-refractivity contribution in [2.45, 2.75) is 79.1 Å². The highest BCUT2D eigenvalue weighted by Gasteiger charge is 2.31. The molecule has 0 bridgehead atoms. The van der Waals surface area contributed by atoms with Gasteiger partial charge in [0.25, 0.3) is 0 Å². The largest absolute Gasteiger partial charge is 0.0622 e. The molecule has 16 aromatic rings. The van der Waals surface area contributed by atoms with E-state index in [0.717, 1.165) is 0 Å². The van der Waals surface area contributed by atoms with Crippen molar-refractivity contribution < 1.29 is 0 Å². The minimum atomic E-state index is 0.400. The molecule has 0 amide bonds. The quantitative estimate of drug-likeness (QED) is 0.105. The van der Waals surface area contributed by atoms with Crippen LogP contribution in [0.5, 0.6) is 0 Å². The van der Waals surface area contributed by atoms with Crippen LogP contribution in [-0.4, -0.2) is 0 Å². The molecule has 0 heteroatoms. The Hall–Kier alpha value is -9.10. The van der Waals surface area contributed by atoms with E-state index >= 15 is 0 Å². The van der Waals surface area contributed by atoms with Gasteiger partial charge in [0.05, 0.1) is 0 Å². The van der Waals surface area contributed by atoms with Crippen molar-refractivity contribution in [3.63, 3.8) is 0 Å². The molecular formula is C82H62. The summed E-state index contributed by atoms with van der Waals surface area (Å²) in [5.41, 5.74) is 21.6. The molecule has 0 spiro atoms. The Kier molecular flexibility index (Phi) is 10.0. The molecule has 1 aliphatic carbocycles. The number of fused-ring (bicyclic) bond motifs is 12. The second kappa shape index (κ2) is 17.2. The summed E-state index contributed by atoms with van der Waals surface area (Å²) in [5.74, 6) is 1.65. The first kappa shape index (κ1) is 47.7. The number of hydrogen-bond donors (Lipinski definition) is 0. The topological polar surface area (TPSA) is 0 Å². The zero-order valence-electron chi connectivity index (χ0n) is 47.9. The molecule has 0 nitrogen and oxygen atoms in total. The first-order chi connectivity index (χ1) is 40.0. The van der Waals surface area contributed by atoms with E-state index in [-0.39, 0.29) is 0 Å². The van der Waals surface area contributed by atoms with Gasteiger partial charge in [-0.3, -0.25) is 0 Å². The van der Waals surface area contributed by atoms with Crippen LogP contribution >= 0.6 is 0 Å². The third-order valence-corrected chi connectivity index (χ3v) is 19.5. The molecule has 0 radical (unpaired) electrons. The monoisotopic (exact) mass is 1050 g/mol. The third kappa shape index (κ3) is 6.28.